The highest BCUT2D eigenvalue weighted by Crippen LogP contribution is 2.30. The molecule has 9 nitrogen and oxygen atoms in total. The molecule has 3 aromatic rings. The minimum Gasteiger partial charge on any atom is -0.382 e. The first kappa shape index (κ1) is 22.6. The minimum atomic E-state index is -0.615. The maximum atomic E-state index is 12.4. The summed E-state index contributed by atoms with van der Waals surface area (Å²) in [6.45, 7) is 7.03. The molecule has 0 fully saturated rings. The van der Waals surface area contributed by atoms with Gasteiger partial charge in [0.25, 0.3) is 0 Å². The number of carbonyl (C=O) groups is 2. The maximum absolute atomic E-state index is 12.4. The molecular formula is C22H30N6O3. The lowest BCUT2D eigenvalue weighted by Crippen LogP contribution is -2.47. The van der Waals surface area contributed by atoms with Crippen LogP contribution in [0.2, 0.25) is 0 Å². The molecule has 0 bridgehead atoms. The number of para-hydroxylation sites is 1. The predicted octanol–water partition coefficient (Wildman–Crippen LogP) is 1.91. The number of fused-ring (bicyclic) bond motifs is 3. The Morgan fingerprint density at radius 2 is 1.94 bits per heavy atom. The number of anilines is 1. The van der Waals surface area contributed by atoms with Crippen molar-refractivity contribution in [2.24, 2.45) is 5.73 Å². The molecule has 0 radical (unpaired) electrons. The zero-order chi connectivity index (χ0) is 22.6. The number of carbonyl (C=O) groups excluding carboxylic acids is 2. The minimum absolute atomic E-state index is 0.0545. The fourth-order valence-corrected chi connectivity index (χ4v) is 3.61. The summed E-state index contributed by atoms with van der Waals surface area (Å²) in [5, 5.41) is 3.94. The largest absolute Gasteiger partial charge is 0.382 e. The highest BCUT2D eigenvalue weighted by atomic mass is 16.5. The van der Waals surface area contributed by atoms with Crippen molar-refractivity contribution in [3.05, 3.63) is 30.1 Å². The van der Waals surface area contributed by atoms with E-state index in [1.165, 1.54) is 0 Å². The Hall–Kier alpha value is -3.04. The highest BCUT2D eigenvalue weighted by molar-refractivity contribution is 6.06. The van der Waals surface area contributed by atoms with Gasteiger partial charge in [-0.3, -0.25) is 9.59 Å². The van der Waals surface area contributed by atoms with Crippen molar-refractivity contribution < 1.29 is 14.3 Å². The van der Waals surface area contributed by atoms with Crippen molar-refractivity contribution in [3.63, 3.8) is 0 Å². The van der Waals surface area contributed by atoms with Crippen molar-refractivity contribution >= 4 is 39.4 Å². The fraction of sp³-hybridized carbons (Fsp3) is 0.455. The number of nitrogens with two attached hydrogens (primary N) is 2. The Kier molecular flexibility index (Phi) is 6.87. The number of nitrogens with one attached hydrogen (secondary N) is 1. The number of benzene rings is 1. The normalized spacial score (nSPS) is 11.9. The van der Waals surface area contributed by atoms with Crippen LogP contribution in [-0.2, 0) is 27.5 Å². The maximum Gasteiger partial charge on any atom is 0.220 e. The second-order valence-electron chi connectivity index (χ2n) is 8.14. The van der Waals surface area contributed by atoms with Gasteiger partial charge in [0.15, 0.2) is 5.82 Å². The Morgan fingerprint density at radius 1 is 1.19 bits per heavy atom. The van der Waals surface area contributed by atoms with E-state index in [2.05, 4.69) is 10.3 Å². The number of imidazole rings is 1. The van der Waals surface area contributed by atoms with Crippen molar-refractivity contribution in [1.29, 1.82) is 0 Å². The summed E-state index contributed by atoms with van der Waals surface area (Å²) in [7, 11) is 0. The van der Waals surface area contributed by atoms with Gasteiger partial charge in [0.1, 0.15) is 23.7 Å². The summed E-state index contributed by atoms with van der Waals surface area (Å²) in [6, 6.07) is 7.75. The average molecular weight is 427 g/mol. The number of ketones is 1. The third-order valence-electron chi connectivity index (χ3n) is 5.01. The lowest BCUT2D eigenvalue weighted by molar-refractivity contribution is -0.126. The third-order valence-corrected chi connectivity index (χ3v) is 5.01. The number of nitrogens with zero attached hydrogens (tertiary/aromatic N) is 3. The average Bonchev–Trinajstić information content (AvgIpc) is 3.08. The molecule has 166 valence electrons. The SMILES string of the molecule is CCOCc1nc2c(N)nc3ccccc3c2n1CC(C)(C)NC(=O)CCC(=O)CN. The van der Waals surface area contributed by atoms with E-state index in [4.69, 9.17) is 21.2 Å². The fourth-order valence-electron chi connectivity index (χ4n) is 3.61. The molecule has 0 spiro atoms. The van der Waals surface area contributed by atoms with Crippen molar-refractivity contribution in [2.75, 3.05) is 18.9 Å². The quantitative estimate of drug-likeness (QED) is 0.450. The summed E-state index contributed by atoms with van der Waals surface area (Å²) in [5.41, 5.74) is 13.2. The first-order chi connectivity index (χ1) is 14.8. The van der Waals surface area contributed by atoms with E-state index >= 15 is 0 Å². The number of rotatable bonds is 10. The second-order valence-corrected chi connectivity index (χ2v) is 8.14. The molecule has 0 saturated heterocycles. The van der Waals surface area contributed by atoms with Crippen molar-refractivity contribution in [2.45, 2.75) is 52.3 Å². The zero-order valence-electron chi connectivity index (χ0n) is 18.3. The molecule has 1 aromatic carbocycles. The first-order valence-corrected chi connectivity index (χ1v) is 10.4. The van der Waals surface area contributed by atoms with E-state index in [0.29, 0.717) is 36.9 Å². The van der Waals surface area contributed by atoms with Crippen LogP contribution in [0.15, 0.2) is 24.3 Å². The van der Waals surface area contributed by atoms with Crippen molar-refractivity contribution in [1.82, 2.24) is 19.9 Å². The summed E-state index contributed by atoms with van der Waals surface area (Å²) in [6.07, 6.45) is 0.241. The molecule has 2 aromatic heterocycles. The molecule has 2 heterocycles. The standard InChI is InChI=1S/C22H30N6O3/c1-4-31-12-17-26-19-20(15-7-5-6-8-16(15)25-21(19)24)28(17)13-22(2,3)27-18(30)10-9-14(29)11-23/h5-8H,4,9-13,23H2,1-3H3,(H2,24,25)(H,27,30). The topological polar surface area (TPSA) is 138 Å². The second kappa shape index (κ2) is 9.40. The predicted molar refractivity (Wildman–Crippen MR) is 120 cm³/mol. The summed E-state index contributed by atoms with van der Waals surface area (Å²) in [5.74, 6) is 0.727. The molecule has 0 atom stereocenters. The number of Topliss-reactive ketones (excluding diaryl/α,β-unsaturated/α-hetero) is 1. The zero-order valence-corrected chi connectivity index (χ0v) is 18.3. The molecule has 0 aliphatic rings. The van der Waals surface area contributed by atoms with E-state index in [-0.39, 0.29) is 31.1 Å². The van der Waals surface area contributed by atoms with Crippen LogP contribution in [0, 0.1) is 0 Å². The van der Waals surface area contributed by atoms with Crippen LogP contribution in [0.5, 0.6) is 0 Å². The Balaban J connectivity index is 1.99. The van der Waals surface area contributed by atoms with Gasteiger partial charge >= 0.3 is 0 Å². The van der Waals surface area contributed by atoms with Crippen LogP contribution in [0.3, 0.4) is 0 Å². The summed E-state index contributed by atoms with van der Waals surface area (Å²) < 4.78 is 7.67. The van der Waals surface area contributed by atoms with Gasteiger partial charge in [0.2, 0.25) is 5.91 Å². The van der Waals surface area contributed by atoms with Gasteiger partial charge in [-0.15, -0.1) is 0 Å². The number of pyridine rings is 1. The van der Waals surface area contributed by atoms with Gasteiger partial charge < -0.3 is 26.1 Å². The third kappa shape index (κ3) is 5.18. The van der Waals surface area contributed by atoms with Gasteiger partial charge in [-0.1, -0.05) is 18.2 Å². The van der Waals surface area contributed by atoms with Gasteiger partial charge in [0.05, 0.1) is 23.1 Å². The van der Waals surface area contributed by atoms with Crippen LogP contribution < -0.4 is 16.8 Å². The smallest absolute Gasteiger partial charge is 0.220 e. The summed E-state index contributed by atoms with van der Waals surface area (Å²) >= 11 is 0. The van der Waals surface area contributed by atoms with Crippen LogP contribution in [0.4, 0.5) is 5.82 Å². The lowest BCUT2D eigenvalue weighted by Gasteiger charge is -2.28. The number of aromatic nitrogens is 3. The Labute approximate surface area is 181 Å². The number of nitrogen functional groups attached to an aromatic ring is 1. The first-order valence-electron chi connectivity index (χ1n) is 10.4. The molecule has 0 saturated carbocycles. The Morgan fingerprint density at radius 3 is 2.65 bits per heavy atom. The van der Waals surface area contributed by atoms with E-state index in [9.17, 15) is 9.59 Å². The molecule has 5 N–H and O–H groups in total. The van der Waals surface area contributed by atoms with Crippen molar-refractivity contribution in [3.8, 4) is 0 Å². The molecule has 31 heavy (non-hydrogen) atoms. The monoisotopic (exact) mass is 426 g/mol. The van der Waals surface area contributed by atoms with Gasteiger partial charge in [-0.2, -0.15) is 0 Å². The van der Waals surface area contributed by atoms with E-state index in [1.54, 1.807) is 0 Å². The number of amides is 1. The number of ether oxygens (including phenoxy) is 1. The van der Waals surface area contributed by atoms with Crippen LogP contribution >= 0.6 is 0 Å². The molecule has 0 aliphatic carbocycles. The van der Waals surface area contributed by atoms with Crippen LogP contribution in [-0.4, -0.2) is 44.9 Å². The van der Waals surface area contributed by atoms with Gasteiger partial charge in [-0.25, -0.2) is 9.97 Å². The lowest BCUT2D eigenvalue weighted by atomic mass is 10.0. The molecule has 3 rings (SSSR count). The molecule has 0 aliphatic heterocycles. The Bertz CT molecular complexity index is 1110. The summed E-state index contributed by atoms with van der Waals surface area (Å²) in [4.78, 5) is 33.0. The van der Waals surface area contributed by atoms with Crippen LogP contribution in [0.1, 0.15) is 39.4 Å². The van der Waals surface area contributed by atoms with E-state index in [1.807, 2.05) is 49.6 Å². The molecule has 0 unspecified atom stereocenters. The van der Waals surface area contributed by atoms with Crippen LogP contribution in [0.25, 0.3) is 21.9 Å². The van der Waals surface area contributed by atoms with E-state index in [0.717, 1.165) is 16.4 Å². The molecule has 9 heteroatoms. The number of hydrogen-bond acceptors (Lipinski definition) is 7. The van der Waals surface area contributed by atoms with E-state index < -0.39 is 5.54 Å². The molecule has 1 amide bonds. The highest BCUT2D eigenvalue weighted by Gasteiger charge is 2.26. The number of hydrogen-bond donors (Lipinski definition) is 3. The molecular weight excluding hydrogens is 396 g/mol. The van der Waals surface area contributed by atoms with Gasteiger partial charge in [0, 0.05) is 31.4 Å². The van der Waals surface area contributed by atoms with Gasteiger partial charge in [-0.05, 0) is 26.8 Å².